The molecule has 3 aromatic heterocycles. The number of hydrogen-bond donors (Lipinski definition) is 4. The lowest BCUT2D eigenvalue weighted by Crippen LogP contribution is -2.42. The van der Waals surface area contributed by atoms with Crippen molar-refractivity contribution >= 4 is 23.0 Å². The van der Waals surface area contributed by atoms with Crippen LogP contribution in [0.25, 0.3) is 16.9 Å². The SMILES string of the molecule is CC(C)C(=O)NC1CCC(Nc2cc(-c3ccc4cc(C#N)cnn34)ncc2C(=O)NC[C@@H](F)C(C)(C)O)CC1. The molecule has 1 aliphatic rings. The van der Waals surface area contributed by atoms with Crippen LogP contribution in [0.4, 0.5) is 10.1 Å². The number of nitrogens with zero attached hydrogens (tertiary/aromatic N) is 4. The van der Waals surface area contributed by atoms with Crippen molar-refractivity contribution in [3.63, 3.8) is 0 Å². The molecule has 0 radical (unpaired) electrons. The maximum Gasteiger partial charge on any atom is 0.255 e. The average molecular weight is 550 g/mol. The minimum absolute atomic E-state index is 0.0429. The first-order chi connectivity index (χ1) is 19.0. The van der Waals surface area contributed by atoms with Gasteiger partial charge in [-0.05, 0) is 63.8 Å². The summed E-state index contributed by atoms with van der Waals surface area (Å²) in [4.78, 5) is 29.7. The second-order valence-electron chi connectivity index (χ2n) is 11.2. The molecular weight excluding hydrogens is 513 g/mol. The van der Waals surface area contributed by atoms with Crippen LogP contribution in [0.5, 0.6) is 0 Å². The minimum Gasteiger partial charge on any atom is -0.387 e. The molecule has 1 atom stereocenters. The number of alkyl halides is 1. The summed E-state index contributed by atoms with van der Waals surface area (Å²) in [5.41, 5.74) is 1.62. The van der Waals surface area contributed by atoms with Gasteiger partial charge in [0.05, 0.1) is 52.1 Å². The zero-order valence-corrected chi connectivity index (χ0v) is 23.2. The van der Waals surface area contributed by atoms with E-state index in [2.05, 4.69) is 32.1 Å². The number of amides is 2. The maximum atomic E-state index is 14.3. The molecule has 4 rings (SSSR count). The van der Waals surface area contributed by atoms with Crippen LogP contribution in [-0.2, 0) is 4.79 Å². The summed E-state index contributed by atoms with van der Waals surface area (Å²) in [5.74, 6) is -0.539. The predicted molar refractivity (Wildman–Crippen MR) is 149 cm³/mol. The number of hydrogen-bond acceptors (Lipinski definition) is 7. The van der Waals surface area contributed by atoms with Gasteiger partial charge in [0.2, 0.25) is 5.91 Å². The zero-order valence-electron chi connectivity index (χ0n) is 23.2. The van der Waals surface area contributed by atoms with Gasteiger partial charge in [0.25, 0.3) is 5.91 Å². The van der Waals surface area contributed by atoms with Crippen molar-refractivity contribution in [1.82, 2.24) is 25.2 Å². The van der Waals surface area contributed by atoms with Gasteiger partial charge >= 0.3 is 0 Å². The van der Waals surface area contributed by atoms with Crippen molar-refractivity contribution in [3.8, 4) is 17.5 Å². The number of halogens is 1. The van der Waals surface area contributed by atoms with E-state index in [0.29, 0.717) is 22.6 Å². The van der Waals surface area contributed by atoms with Crippen LogP contribution >= 0.6 is 0 Å². The third-order valence-electron chi connectivity index (χ3n) is 7.21. The lowest BCUT2D eigenvalue weighted by molar-refractivity contribution is -0.124. The number of fused-ring (bicyclic) bond motifs is 1. The summed E-state index contributed by atoms with van der Waals surface area (Å²) in [5, 5.41) is 32.6. The highest BCUT2D eigenvalue weighted by atomic mass is 19.1. The van der Waals surface area contributed by atoms with E-state index in [1.807, 2.05) is 26.0 Å². The summed E-state index contributed by atoms with van der Waals surface area (Å²) in [6, 6.07) is 9.42. The fraction of sp³-hybridized carbons (Fsp3) is 0.483. The van der Waals surface area contributed by atoms with Crippen molar-refractivity contribution in [1.29, 1.82) is 5.26 Å². The van der Waals surface area contributed by atoms with E-state index in [1.54, 1.807) is 16.6 Å². The van der Waals surface area contributed by atoms with E-state index in [1.165, 1.54) is 26.2 Å². The van der Waals surface area contributed by atoms with E-state index in [0.717, 1.165) is 31.2 Å². The molecule has 0 unspecified atom stereocenters. The first-order valence-electron chi connectivity index (χ1n) is 13.6. The van der Waals surface area contributed by atoms with Crippen LogP contribution in [0.3, 0.4) is 0 Å². The van der Waals surface area contributed by atoms with Gasteiger partial charge in [-0.1, -0.05) is 13.8 Å². The number of pyridine rings is 1. The summed E-state index contributed by atoms with van der Waals surface area (Å²) >= 11 is 0. The van der Waals surface area contributed by atoms with Gasteiger partial charge in [0.15, 0.2) is 0 Å². The lowest BCUT2D eigenvalue weighted by Gasteiger charge is -2.31. The number of rotatable bonds is 9. The Kier molecular flexibility index (Phi) is 8.69. The predicted octanol–water partition coefficient (Wildman–Crippen LogP) is 3.60. The van der Waals surface area contributed by atoms with E-state index in [-0.39, 0.29) is 36.0 Å². The second-order valence-corrected chi connectivity index (χ2v) is 11.2. The Bertz CT molecular complexity index is 1420. The van der Waals surface area contributed by atoms with Gasteiger partial charge in [-0.25, -0.2) is 8.91 Å². The van der Waals surface area contributed by atoms with Gasteiger partial charge in [0, 0.05) is 24.2 Å². The number of aliphatic hydroxyl groups is 1. The number of carbonyl (C=O) groups is 2. The number of anilines is 1. The molecule has 3 heterocycles. The first-order valence-corrected chi connectivity index (χ1v) is 13.6. The van der Waals surface area contributed by atoms with Crippen molar-refractivity contribution in [2.75, 3.05) is 11.9 Å². The molecule has 4 N–H and O–H groups in total. The number of carbonyl (C=O) groups excluding carboxylic acids is 2. The van der Waals surface area contributed by atoms with E-state index < -0.39 is 17.7 Å². The molecule has 2 amide bonds. The van der Waals surface area contributed by atoms with Crippen molar-refractivity contribution < 1.29 is 19.1 Å². The number of aromatic nitrogens is 3. The highest BCUT2D eigenvalue weighted by molar-refractivity contribution is 6.00. The Hall–Kier alpha value is -4.04. The molecule has 40 heavy (non-hydrogen) atoms. The standard InChI is InChI=1S/C29H36FN7O3/c1-17(2)27(38)36-20-7-5-19(6-8-20)35-23-12-24(25-10-9-21-11-18(13-31)14-34-37(21)25)32-15-22(23)28(39)33-16-26(30)29(3,4)40/h9-12,14-15,17,19-20,26,40H,5-8,16H2,1-4H3,(H,32,35)(H,33,39)(H,36,38)/t19?,20?,26-/m1/s1. The Morgan fingerprint density at radius 3 is 2.52 bits per heavy atom. The maximum absolute atomic E-state index is 14.3. The molecule has 0 spiro atoms. The largest absolute Gasteiger partial charge is 0.387 e. The molecule has 1 fully saturated rings. The summed E-state index contributed by atoms with van der Waals surface area (Å²) in [6.45, 7) is 6.09. The quantitative estimate of drug-likeness (QED) is 0.319. The third kappa shape index (κ3) is 6.74. The van der Waals surface area contributed by atoms with E-state index in [4.69, 9.17) is 0 Å². The number of nitriles is 1. The van der Waals surface area contributed by atoms with Crippen molar-refractivity contribution in [2.45, 2.75) is 77.2 Å². The van der Waals surface area contributed by atoms with Gasteiger partial charge in [-0.15, -0.1) is 0 Å². The van der Waals surface area contributed by atoms with Crippen molar-refractivity contribution in [3.05, 3.63) is 47.8 Å². The van der Waals surface area contributed by atoms with E-state index in [9.17, 15) is 24.3 Å². The van der Waals surface area contributed by atoms with Gasteiger partial charge in [-0.3, -0.25) is 14.6 Å². The van der Waals surface area contributed by atoms with Crippen LogP contribution in [0.15, 0.2) is 36.7 Å². The van der Waals surface area contributed by atoms with Crippen LogP contribution in [-0.4, -0.2) is 61.9 Å². The third-order valence-corrected chi connectivity index (χ3v) is 7.21. The minimum atomic E-state index is -1.65. The Morgan fingerprint density at radius 2 is 1.88 bits per heavy atom. The van der Waals surface area contributed by atoms with Crippen LogP contribution < -0.4 is 16.0 Å². The van der Waals surface area contributed by atoms with E-state index >= 15 is 0 Å². The lowest BCUT2D eigenvalue weighted by atomic mass is 9.90. The zero-order chi connectivity index (χ0) is 29.0. The fourth-order valence-electron chi connectivity index (χ4n) is 4.65. The van der Waals surface area contributed by atoms with Gasteiger partial charge < -0.3 is 21.1 Å². The Morgan fingerprint density at radius 1 is 1.18 bits per heavy atom. The molecule has 0 saturated heterocycles. The highest BCUT2D eigenvalue weighted by Crippen LogP contribution is 2.29. The second kappa shape index (κ2) is 12.0. The average Bonchev–Trinajstić information content (AvgIpc) is 3.35. The van der Waals surface area contributed by atoms with Gasteiger partial charge in [0.1, 0.15) is 12.2 Å². The summed E-state index contributed by atoms with van der Waals surface area (Å²) < 4.78 is 16.0. The molecular formula is C29H36FN7O3. The molecule has 1 aliphatic carbocycles. The molecule has 1 saturated carbocycles. The molecule has 212 valence electrons. The fourth-order valence-corrected chi connectivity index (χ4v) is 4.65. The topological polar surface area (TPSA) is 144 Å². The monoisotopic (exact) mass is 549 g/mol. The smallest absolute Gasteiger partial charge is 0.255 e. The number of nitrogens with one attached hydrogen (secondary N) is 3. The molecule has 3 aromatic rings. The molecule has 10 nitrogen and oxygen atoms in total. The Balaban J connectivity index is 1.58. The van der Waals surface area contributed by atoms with Crippen LogP contribution in [0, 0.1) is 17.2 Å². The summed E-state index contributed by atoms with van der Waals surface area (Å²) in [7, 11) is 0. The first kappa shape index (κ1) is 29.0. The summed E-state index contributed by atoms with van der Waals surface area (Å²) in [6.07, 6.45) is 4.47. The van der Waals surface area contributed by atoms with Crippen molar-refractivity contribution in [2.24, 2.45) is 5.92 Å². The molecule has 0 aliphatic heterocycles. The molecule has 11 heteroatoms. The Labute approximate surface area is 233 Å². The van der Waals surface area contributed by atoms with Crippen LogP contribution in [0.1, 0.15) is 69.3 Å². The molecule has 0 bridgehead atoms. The molecule has 0 aromatic carbocycles. The highest BCUT2D eigenvalue weighted by Gasteiger charge is 2.28. The van der Waals surface area contributed by atoms with Crippen LogP contribution in [0.2, 0.25) is 0 Å². The normalized spacial score (nSPS) is 18.2. The van der Waals surface area contributed by atoms with Gasteiger partial charge in [-0.2, -0.15) is 10.4 Å².